The Labute approximate surface area is 114 Å². The van der Waals surface area contributed by atoms with Crippen LogP contribution < -0.4 is 5.73 Å². The lowest BCUT2D eigenvalue weighted by Crippen LogP contribution is -2.39. The lowest BCUT2D eigenvalue weighted by molar-refractivity contribution is 0.163. The molecule has 18 heavy (non-hydrogen) atoms. The second-order valence-electron chi connectivity index (χ2n) is 5.30. The highest BCUT2D eigenvalue weighted by Crippen LogP contribution is 2.31. The highest BCUT2D eigenvalue weighted by atomic mass is 32.1. The van der Waals surface area contributed by atoms with Crippen molar-refractivity contribution in [1.29, 1.82) is 0 Å². The molecule has 1 aromatic rings. The van der Waals surface area contributed by atoms with Crippen molar-refractivity contribution in [2.75, 3.05) is 13.1 Å². The number of rotatable bonds is 5. The summed E-state index contributed by atoms with van der Waals surface area (Å²) in [7, 11) is 0. The Morgan fingerprint density at radius 1 is 1.39 bits per heavy atom. The molecule has 1 aliphatic rings. The minimum atomic E-state index is 0.682. The van der Waals surface area contributed by atoms with Crippen LogP contribution in [0.4, 0.5) is 0 Å². The average Bonchev–Trinajstić information content (AvgIpc) is 2.92. The molecule has 0 saturated heterocycles. The van der Waals surface area contributed by atoms with Crippen molar-refractivity contribution >= 4 is 11.3 Å². The van der Waals surface area contributed by atoms with Crippen LogP contribution in [0.25, 0.3) is 0 Å². The number of aromatic nitrogens is 1. The first kappa shape index (κ1) is 14.0. The van der Waals surface area contributed by atoms with E-state index in [4.69, 9.17) is 5.73 Å². The topological polar surface area (TPSA) is 42.2 Å². The second kappa shape index (κ2) is 6.13. The summed E-state index contributed by atoms with van der Waals surface area (Å²) in [5.74, 6) is 0.694. The zero-order valence-corrected chi connectivity index (χ0v) is 12.6. The SMILES string of the molecule is CCN(Cc1sc(C)nc1C)C1CCCC1CN. The predicted molar refractivity (Wildman–Crippen MR) is 77.9 cm³/mol. The summed E-state index contributed by atoms with van der Waals surface area (Å²) < 4.78 is 0. The summed E-state index contributed by atoms with van der Waals surface area (Å²) in [6.07, 6.45) is 3.95. The summed E-state index contributed by atoms with van der Waals surface area (Å²) in [5, 5.41) is 1.18. The Kier molecular flexibility index (Phi) is 4.76. The van der Waals surface area contributed by atoms with Gasteiger partial charge in [0.25, 0.3) is 0 Å². The Balaban J connectivity index is 2.07. The lowest BCUT2D eigenvalue weighted by atomic mass is 10.0. The highest BCUT2D eigenvalue weighted by Gasteiger charge is 2.30. The van der Waals surface area contributed by atoms with Crippen molar-refractivity contribution in [3.8, 4) is 0 Å². The average molecular weight is 267 g/mol. The molecule has 2 N–H and O–H groups in total. The zero-order chi connectivity index (χ0) is 13.1. The number of aryl methyl sites for hydroxylation is 2. The van der Waals surface area contributed by atoms with Crippen LogP contribution in [0, 0.1) is 19.8 Å². The van der Waals surface area contributed by atoms with Crippen LogP contribution in [0.3, 0.4) is 0 Å². The summed E-state index contributed by atoms with van der Waals surface area (Å²) in [5.41, 5.74) is 7.11. The Hall–Kier alpha value is -0.450. The predicted octanol–water partition coefficient (Wildman–Crippen LogP) is 2.71. The molecule has 0 amide bonds. The fraction of sp³-hybridized carbons (Fsp3) is 0.786. The molecule has 1 aromatic heterocycles. The Morgan fingerprint density at radius 3 is 2.72 bits per heavy atom. The van der Waals surface area contributed by atoms with Crippen LogP contribution >= 0.6 is 11.3 Å². The van der Waals surface area contributed by atoms with Gasteiger partial charge in [0.05, 0.1) is 10.7 Å². The van der Waals surface area contributed by atoms with Crippen molar-refractivity contribution < 1.29 is 0 Å². The molecule has 1 aliphatic carbocycles. The Morgan fingerprint density at radius 2 is 2.17 bits per heavy atom. The van der Waals surface area contributed by atoms with Crippen molar-refractivity contribution in [2.45, 2.75) is 52.6 Å². The third-order valence-electron chi connectivity index (χ3n) is 4.14. The van der Waals surface area contributed by atoms with Gasteiger partial charge >= 0.3 is 0 Å². The van der Waals surface area contributed by atoms with E-state index in [9.17, 15) is 0 Å². The van der Waals surface area contributed by atoms with Gasteiger partial charge in [-0.2, -0.15) is 0 Å². The van der Waals surface area contributed by atoms with Gasteiger partial charge in [-0.15, -0.1) is 11.3 Å². The lowest BCUT2D eigenvalue weighted by Gasteiger charge is -2.31. The Bertz CT molecular complexity index is 388. The first-order valence-electron chi connectivity index (χ1n) is 7.02. The monoisotopic (exact) mass is 267 g/mol. The minimum Gasteiger partial charge on any atom is -0.330 e. The van der Waals surface area contributed by atoms with E-state index in [1.165, 1.54) is 34.8 Å². The molecule has 102 valence electrons. The summed E-state index contributed by atoms with van der Waals surface area (Å²) in [4.78, 5) is 8.56. The quantitative estimate of drug-likeness (QED) is 0.892. The molecule has 4 heteroatoms. The van der Waals surface area contributed by atoms with E-state index in [1.54, 1.807) is 0 Å². The van der Waals surface area contributed by atoms with E-state index in [0.29, 0.717) is 12.0 Å². The maximum absolute atomic E-state index is 5.91. The van der Waals surface area contributed by atoms with Gasteiger partial charge in [-0.05, 0) is 45.7 Å². The van der Waals surface area contributed by atoms with Crippen LogP contribution in [0.15, 0.2) is 0 Å². The standard InChI is InChI=1S/C14H25N3S/c1-4-17(13-7-5-6-12(13)8-15)9-14-10(2)16-11(3)18-14/h12-13H,4-9,15H2,1-3H3. The summed E-state index contributed by atoms with van der Waals surface area (Å²) in [6.45, 7) is 9.47. The van der Waals surface area contributed by atoms with Gasteiger partial charge < -0.3 is 5.73 Å². The van der Waals surface area contributed by atoms with Crippen molar-refractivity contribution in [1.82, 2.24) is 9.88 Å². The third-order valence-corrected chi connectivity index (χ3v) is 5.20. The first-order chi connectivity index (χ1) is 8.65. The van der Waals surface area contributed by atoms with Crippen molar-refractivity contribution in [2.24, 2.45) is 11.7 Å². The van der Waals surface area contributed by atoms with Gasteiger partial charge in [-0.1, -0.05) is 13.3 Å². The molecule has 0 radical (unpaired) electrons. The molecule has 0 aromatic carbocycles. The molecule has 2 rings (SSSR count). The fourth-order valence-corrected chi connectivity index (χ4v) is 4.10. The number of thiazole rings is 1. The molecule has 2 atom stereocenters. The minimum absolute atomic E-state index is 0.682. The number of nitrogens with two attached hydrogens (primary N) is 1. The van der Waals surface area contributed by atoms with Crippen LogP contribution in [0.1, 0.15) is 41.8 Å². The normalized spacial score (nSPS) is 24.1. The number of nitrogens with zero attached hydrogens (tertiary/aromatic N) is 2. The van der Waals surface area contributed by atoms with E-state index in [1.807, 2.05) is 11.3 Å². The van der Waals surface area contributed by atoms with Gasteiger partial charge in [-0.25, -0.2) is 4.98 Å². The maximum Gasteiger partial charge on any atom is 0.0900 e. The molecule has 0 aliphatic heterocycles. The van der Waals surface area contributed by atoms with Gasteiger partial charge in [0.2, 0.25) is 0 Å². The van der Waals surface area contributed by atoms with Gasteiger partial charge in [0.15, 0.2) is 0 Å². The van der Waals surface area contributed by atoms with E-state index in [2.05, 4.69) is 30.7 Å². The summed E-state index contributed by atoms with van der Waals surface area (Å²) >= 11 is 1.84. The smallest absolute Gasteiger partial charge is 0.0900 e. The van der Waals surface area contributed by atoms with Gasteiger partial charge in [-0.3, -0.25) is 4.90 Å². The largest absolute Gasteiger partial charge is 0.330 e. The number of hydrogen-bond donors (Lipinski definition) is 1. The maximum atomic E-state index is 5.91. The number of hydrogen-bond acceptors (Lipinski definition) is 4. The van der Waals surface area contributed by atoms with Crippen LogP contribution in [0.5, 0.6) is 0 Å². The zero-order valence-electron chi connectivity index (χ0n) is 11.8. The molecule has 1 fully saturated rings. The van der Waals surface area contributed by atoms with Crippen LogP contribution in [-0.4, -0.2) is 29.0 Å². The highest BCUT2D eigenvalue weighted by molar-refractivity contribution is 7.11. The molecular formula is C14H25N3S. The fourth-order valence-electron chi connectivity index (χ4n) is 3.14. The van der Waals surface area contributed by atoms with E-state index in [0.717, 1.165) is 19.6 Å². The molecule has 1 saturated carbocycles. The first-order valence-corrected chi connectivity index (χ1v) is 7.84. The van der Waals surface area contributed by atoms with Crippen LogP contribution in [-0.2, 0) is 6.54 Å². The molecule has 3 nitrogen and oxygen atoms in total. The van der Waals surface area contributed by atoms with Crippen LogP contribution in [0.2, 0.25) is 0 Å². The molecule has 2 unspecified atom stereocenters. The van der Waals surface area contributed by atoms with E-state index in [-0.39, 0.29) is 0 Å². The van der Waals surface area contributed by atoms with Gasteiger partial charge in [0.1, 0.15) is 0 Å². The summed E-state index contributed by atoms with van der Waals surface area (Å²) in [6, 6.07) is 0.682. The second-order valence-corrected chi connectivity index (χ2v) is 6.59. The van der Waals surface area contributed by atoms with Gasteiger partial charge in [0, 0.05) is 17.5 Å². The van der Waals surface area contributed by atoms with E-state index < -0.39 is 0 Å². The van der Waals surface area contributed by atoms with Crippen molar-refractivity contribution in [3.05, 3.63) is 15.6 Å². The van der Waals surface area contributed by atoms with E-state index >= 15 is 0 Å². The molecule has 0 bridgehead atoms. The molecular weight excluding hydrogens is 242 g/mol. The molecule has 0 spiro atoms. The van der Waals surface area contributed by atoms with Crippen molar-refractivity contribution in [3.63, 3.8) is 0 Å². The molecule has 1 heterocycles. The third kappa shape index (κ3) is 2.92.